The zero-order chi connectivity index (χ0) is 14.0. The summed E-state index contributed by atoms with van der Waals surface area (Å²) < 4.78 is 21.3. The van der Waals surface area contributed by atoms with Crippen molar-refractivity contribution in [3.63, 3.8) is 0 Å². The second-order valence-electron chi connectivity index (χ2n) is 3.86. The number of rotatable bonds is 6. The van der Waals surface area contributed by atoms with Crippen LogP contribution >= 0.6 is 8.25 Å². The van der Waals surface area contributed by atoms with Gasteiger partial charge in [0.2, 0.25) is 0 Å². The van der Waals surface area contributed by atoms with Crippen LogP contribution in [0.1, 0.15) is 11.1 Å². The van der Waals surface area contributed by atoms with Gasteiger partial charge in [0.15, 0.2) is 12.5 Å². The smallest absolute Gasteiger partial charge is 0.230 e. The maximum Gasteiger partial charge on any atom is 0.804 e. The lowest BCUT2D eigenvalue weighted by Gasteiger charge is -1.89. The van der Waals surface area contributed by atoms with Crippen molar-refractivity contribution in [3.05, 3.63) is 84.3 Å². The van der Waals surface area contributed by atoms with Crippen molar-refractivity contribution in [3.8, 4) is 0 Å². The number of hydrogen-bond donors (Lipinski definition) is 0. The molecule has 0 aliphatic carbocycles. The minimum atomic E-state index is -2.20. The van der Waals surface area contributed by atoms with Gasteiger partial charge in [0.05, 0.1) is 0 Å². The lowest BCUT2D eigenvalue weighted by molar-refractivity contribution is 0.358. The molecule has 0 saturated carbocycles. The highest BCUT2D eigenvalue weighted by atomic mass is 31.1. The van der Waals surface area contributed by atoms with E-state index in [-0.39, 0.29) is 0 Å². The van der Waals surface area contributed by atoms with Crippen LogP contribution in [0.2, 0.25) is 0 Å². The molecular formula is C16H14O3P+. The Morgan fingerprint density at radius 3 is 1.50 bits per heavy atom. The summed E-state index contributed by atoms with van der Waals surface area (Å²) in [4.78, 5) is 0. The fourth-order valence-electron chi connectivity index (χ4n) is 1.47. The minimum absolute atomic E-state index is 0.968. The average Bonchev–Trinajstić information content (AvgIpc) is 2.49. The standard InChI is InChI=1S/C16H14O3P/c17-20(18-13-11-15-7-3-1-4-8-15)19-14-12-16-9-5-2-6-10-16/h1-14H/q+1/b13-11+,14-12+. The molecule has 2 aromatic rings. The van der Waals surface area contributed by atoms with E-state index < -0.39 is 8.25 Å². The van der Waals surface area contributed by atoms with E-state index in [9.17, 15) is 4.57 Å². The van der Waals surface area contributed by atoms with Gasteiger partial charge in [0.25, 0.3) is 0 Å². The summed E-state index contributed by atoms with van der Waals surface area (Å²) in [5.74, 6) is 0. The molecule has 0 fully saturated rings. The van der Waals surface area contributed by atoms with Gasteiger partial charge in [-0.05, 0) is 23.3 Å². The monoisotopic (exact) mass is 285 g/mol. The molecule has 0 amide bonds. The molecule has 20 heavy (non-hydrogen) atoms. The molecule has 0 radical (unpaired) electrons. The third-order valence-corrected chi connectivity index (χ3v) is 3.00. The Bertz CT molecular complexity index is 538. The number of hydrogen-bond acceptors (Lipinski definition) is 3. The van der Waals surface area contributed by atoms with Crippen LogP contribution in [-0.2, 0) is 13.6 Å². The SMILES string of the molecule is O=[P+](O/C=C/c1ccccc1)O/C=C/c1ccccc1. The van der Waals surface area contributed by atoms with Crippen molar-refractivity contribution in [2.45, 2.75) is 0 Å². The minimum Gasteiger partial charge on any atom is -0.230 e. The van der Waals surface area contributed by atoms with E-state index in [0.717, 1.165) is 11.1 Å². The largest absolute Gasteiger partial charge is 0.804 e. The van der Waals surface area contributed by atoms with Crippen molar-refractivity contribution in [2.75, 3.05) is 0 Å². The zero-order valence-corrected chi connectivity index (χ0v) is 11.6. The molecule has 0 bridgehead atoms. The van der Waals surface area contributed by atoms with Crippen LogP contribution in [0.15, 0.2) is 73.2 Å². The Kier molecular flexibility index (Phi) is 5.56. The molecule has 0 unspecified atom stereocenters. The summed E-state index contributed by atoms with van der Waals surface area (Å²) in [6, 6.07) is 19.2. The molecule has 0 heterocycles. The third kappa shape index (κ3) is 5.09. The quantitative estimate of drug-likeness (QED) is 0.552. The van der Waals surface area contributed by atoms with Crippen molar-refractivity contribution in [1.82, 2.24) is 0 Å². The summed E-state index contributed by atoms with van der Waals surface area (Å²) in [7, 11) is -2.20. The van der Waals surface area contributed by atoms with Gasteiger partial charge in [-0.15, -0.1) is 0 Å². The Hall–Kier alpha value is -2.38. The highest BCUT2D eigenvalue weighted by Crippen LogP contribution is 2.25. The Labute approximate surface area is 119 Å². The van der Waals surface area contributed by atoms with Gasteiger partial charge in [0, 0.05) is 4.57 Å². The van der Waals surface area contributed by atoms with Crippen LogP contribution < -0.4 is 0 Å². The zero-order valence-electron chi connectivity index (χ0n) is 10.8. The van der Waals surface area contributed by atoms with Gasteiger partial charge in [-0.25, -0.2) is 9.05 Å². The van der Waals surface area contributed by atoms with Crippen molar-refractivity contribution in [2.24, 2.45) is 0 Å². The summed E-state index contributed by atoms with van der Waals surface area (Å²) in [6.07, 6.45) is 6.17. The molecule has 0 aliphatic rings. The fraction of sp³-hybridized carbons (Fsp3) is 0. The Balaban J connectivity index is 1.76. The maximum atomic E-state index is 11.4. The molecule has 4 heteroatoms. The summed E-state index contributed by atoms with van der Waals surface area (Å²) >= 11 is 0. The molecule has 0 N–H and O–H groups in total. The first-order valence-corrected chi connectivity index (χ1v) is 7.18. The molecule has 0 aliphatic heterocycles. The molecule has 3 nitrogen and oxygen atoms in total. The van der Waals surface area contributed by atoms with Gasteiger partial charge in [-0.2, -0.15) is 0 Å². The molecule has 0 spiro atoms. The maximum absolute atomic E-state index is 11.4. The second-order valence-corrected chi connectivity index (χ2v) is 4.73. The van der Waals surface area contributed by atoms with E-state index in [0.29, 0.717) is 0 Å². The molecular weight excluding hydrogens is 271 g/mol. The Morgan fingerprint density at radius 1 is 0.700 bits per heavy atom. The van der Waals surface area contributed by atoms with Crippen molar-refractivity contribution >= 4 is 20.4 Å². The van der Waals surface area contributed by atoms with E-state index >= 15 is 0 Å². The van der Waals surface area contributed by atoms with Gasteiger partial charge in [-0.1, -0.05) is 60.7 Å². The van der Waals surface area contributed by atoms with Gasteiger partial charge >= 0.3 is 8.25 Å². The highest BCUT2D eigenvalue weighted by molar-refractivity contribution is 7.33. The second kappa shape index (κ2) is 7.93. The van der Waals surface area contributed by atoms with E-state index in [1.165, 1.54) is 12.5 Å². The molecule has 100 valence electrons. The van der Waals surface area contributed by atoms with Gasteiger partial charge in [-0.3, -0.25) is 0 Å². The average molecular weight is 285 g/mol. The van der Waals surface area contributed by atoms with Gasteiger partial charge < -0.3 is 0 Å². The first-order valence-electron chi connectivity index (χ1n) is 6.08. The molecule has 0 aromatic heterocycles. The van der Waals surface area contributed by atoms with E-state index in [1.54, 1.807) is 12.2 Å². The first-order chi connectivity index (χ1) is 9.84. The summed E-state index contributed by atoms with van der Waals surface area (Å²) in [5, 5.41) is 0. The van der Waals surface area contributed by atoms with E-state index in [4.69, 9.17) is 9.05 Å². The van der Waals surface area contributed by atoms with Crippen molar-refractivity contribution in [1.29, 1.82) is 0 Å². The molecule has 2 aromatic carbocycles. The lowest BCUT2D eigenvalue weighted by atomic mass is 10.2. The van der Waals surface area contributed by atoms with Crippen LogP contribution in [0.3, 0.4) is 0 Å². The predicted octanol–water partition coefficient (Wildman–Crippen LogP) is 5.02. The van der Waals surface area contributed by atoms with Crippen molar-refractivity contribution < 1.29 is 13.6 Å². The van der Waals surface area contributed by atoms with Crippen LogP contribution in [0.4, 0.5) is 0 Å². The summed E-state index contributed by atoms with van der Waals surface area (Å²) in [5.41, 5.74) is 1.94. The number of benzene rings is 2. The van der Waals surface area contributed by atoms with Crippen LogP contribution in [0.25, 0.3) is 12.2 Å². The highest BCUT2D eigenvalue weighted by Gasteiger charge is 2.16. The van der Waals surface area contributed by atoms with Crippen LogP contribution in [-0.4, -0.2) is 0 Å². The summed E-state index contributed by atoms with van der Waals surface area (Å²) in [6.45, 7) is 0. The predicted molar refractivity (Wildman–Crippen MR) is 80.7 cm³/mol. The lowest BCUT2D eigenvalue weighted by Crippen LogP contribution is -1.73. The topological polar surface area (TPSA) is 35.5 Å². The first kappa shape index (κ1) is 14.0. The van der Waals surface area contributed by atoms with Crippen LogP contribution in [0.5, 0.6) is 0 Å². The van der Waals surface area contributed by atoms with Gasteiger partial charge in [0.1, 0.15) is 0 Å². The third-order valence-electron chi connectivity index (χ3n) is 2.41. The molecule has 0 atom stereocenters. The van der Waals surface area contributed by atoms with E-state index in [2.05, 4.69) is 0 Å². The Morgan fingerprint density at radius 2 is 1.10 bits per heavy atom. The molecule has 0 saturated heterocycles. The fourth-order valence-corrected chi connectivity index (χ4v) is 1.84. The molecule has 2 rings (SSSR count). The normalized spacial score (nSPS) is 10.8. The van der Waals surface area contributed by atoms with Crippen LogP contribution in [0, 0.1) is 0 Å². The van der Waals surface area contributed by atoms with E-state index in [1.807, 2.05) is 60.7 Å².